The summed E-state index contributed by atoms with van der Waals surface area (Å²) in [5.74, 6) is 0.272. The molecule has 0 unspecified atom stereocenters. The third-order valence-corrected chi connectivity index (χ3v) is 7.49. The summed E-state index contributed by atoms with van der Waals surface area (Å²) in [6.45, 7) is 10.3. The van der Waals surface area contributed by atoms with Crippen LogP contribution in [-0.4, -0.2) is 52.7 Å². The molecule has 1 atom stereocenters. The molecule has 192 valence electrons. The summed E-state index contributed by atoms with van der Waals surface area (Å²) in [6, 6.07) is 7.44. The predicted octanol–water partition coefficient (Wildman–Crippen LogP) is 4.67. The average molecular weight is 501 g/mol. The number of piperidine rings is 1. The zero-order valence-corrected chi connectivity index (χ0v) is 22.0. The van der Waals surface area contributed by atoms with Gasteiger partial charge in [-0.3, -0.25) is 9.20 Å². The number of carbonyl (C=O) groups excluding carboxylic acids is 1. The number of hydrogen-bond donors (Lipinski definition) is 0. The Morgan fingerprint density at radius 2 is 1.86 bits per heavy atom. The number of carbonyl (C=O) groups is 1. The van der Waals surface area contributed by atoms with E-state index in [-0.39, 0.29) is 23.1 Å². The fourth-order valence-corrected chi connectivity index (χ4v) is 5.56. The molecule has 4 aromatic heterocycles. The van der Waals surface area contributed by atoms with Gasteiger partial charge in [-0.2, -0.15) is 5.10 Å². The minimum atomic E-state index is -0.507. The van der Waals surface area contributed by atoms with Crippen molar-refractivity contribution in [2.45, 2.75) is 77.4 Å². The Balaban J connectivity index is 1.28. The quantitative estimate of drug-likeness (QED) is 0.397. The zero-order chi connectivity index (χ0) is 26.1. The second kappa shape index (κ2) is 8.13. The van der Waals surface area contributed by atoms with E-state index >= 15 is 0 Å². The molecule has 0 aromatic carbocycles. The number of aryl methyl sites for hydroxylation is 2. The lowest BCUT2D eigenvalue weighted by atomic mass is 9.84. The van der Waals surface area contributed by atoms with Crippen molar-refractivity contribution >= 4 is 17.4 Å². The zero-order valence-electron chi connectivity index (χ0n) is 22.0. The second-order valence-electron chi connectivity index (χ2n) is 11.6. The van der Waals surface area contributed by atoms with Crippen LogP contribution in [0.2, 0.25) is 0 Å². The summed E-state index contributed by atoms with van der Waals surface area (Å²) in [7, 11) is 0. The van der Waals surface area contributed by atoms with Crippen LogP contribution in [0, 0.1) is 13.8 Å². The molecule has 4 aromatic rings. The van der Waals surface area contributed by atoms with E-state index in [0.717, 1.165) is 48.2 Å². The average Bonchev–Trinajstić information content (AvgIpc) is 3.46. The van der Waals surface area contributed by atoms with E-state index in [1.165, 1.54) is 0 Å². The smallest absolute Gasteiger partial charge is 0.410 e. The lowest BCUT2D eigenvalue weighted by Gasteiger charge is -2.40. The first-order valence-corrected chi connectivity index (χ1v) is 12.9. The molecule has 1 saturated carbocycles. The van der Waals surface area contributed by atoms with Gasteiger partial charge in [0.05, 0.1) is 17.6 Å². The molecule has 0 bridgehead atoms. The third kappa shape index (κ3) is 4.26. The topological polar surface area (TPSA) is 94.1 Å². The molecule has 1 amide bonds. The molecule has 2 aliphatic rings. The maximum Gasteiger partial charge on any atom is 0.410 e. The SMILES string of the molecule is Cc1cn2nc(-c3cc(=O)n4cc([C@@H]5CCN(C(=O)OC(C)(C)C)C6(CC6)C5)ccc4n3)cc(C)c2n1. The van der Waals surface area contributed by atoms with Gasteiger partial charge in [-0.05, 0) is 89.5 Å². The fraction of sp³-hybridized carbons (Fsp3) is 0.464. The van der Waals surface area contributed by atoms with Crippen molar-refractivity contribution in [3.05, 3.63) is 63.8 Å². The highest BCUT2D eigenvalue weighted by atomic mass is 16.6. The Bertz CT molecular complexity index is 1610. The van der Waals surface area contributed by atoms with Crippen LogP contribution in [0.4, 0.5) is 4.79 Å². The van der Waals surface area contributed by atoms with Crippen molar-refractivity contribution in [1.82, 2.24) is 28.9 Å². The van der Waals surface area contributed by atoms with Crippen molar-refractivity contribution in [2.24, 2.45) is 0 Å². The Morgan fingerprint density at radius 3 is 2.59 bits per heavy atom. The number of ether oxygens (including phenoxy) is 1. The molecule has 6 rings (SSSR count). The van der Waals surface area contributed by atoms with Crippen molar-refractivity contribution in [3.63, 3.8) is 0 Å². The number of imidazole rings is 1. The van der Waals surface area contributed by atoms with Crippen LogP contribution in [0.15, 0.2) is 41.5 Å². The van der Waals surface area contributed by atoms with Crippen LogP contribution >= 0.6 is 0 Å². The van der Waals surface area contributed by atoms with Crippen molar-refractivity contribution < 1.29 is 9.53 Å². The van der Waals surface area contributed by atoms with E-state index in [4.69, 9.17) is 9.72 Å². The van der Waals surface area contributed by atoms with Crippen LogP contribution < -0.4 is 5.56 Å². The number of rotatable bonds is 2. The van der Waals surface area contributed by atoms with Gasteiger partial charge >= 0.3 is 6.09 Å². The van der Waals surface area contributed by atoms with Gasteiger partial charge < -0.3 is 9.64 Å². The van der Waals surface area contributed by atoms with E-state index in [9.17, 15) is 9.59 Å². The van der Waals surface area contributed by atoms with Crippen molar-refractivity contribution in [1.29, 1.82) is 0 Å². The summed E-state index contributed by atoms with van der Waals surface area (Å²) >= 11 is 0. The number of likely N-dealkylation sites (tertiary alicyclic amines) is 1. The minimum Gasteiger partial charge on any atom is -0.444 e. The van der Waals surface area contributed by atoms with E-state index in [2.05, 4.69) is 16.1 Å². The van der Waals surface area contributed by atoms with Gasteiger partial charge in [-0.15, -0.1) is 0 Å². The summed E-state index contributed by atoms with van der Waals surface area (Å²) in [5, 5.41) is 4.63. The normalized spacial score (nSPS) is 19.1. The molecule has 9 heteroatoms. The van der Waals surface area contributed by atoms with Gasteiger partial charge in [0, 0.05) is 24.3 Å². The van der Waals surface area contributed by atoms with Crippen molar-refractivity contribution in [3.8, 4) is 11.4 Å². The summed E-state index contributed by atoms with van der Waals surface area (Å²) in [6.07, 6.45) is 7.27. The number of nitrogens with zero attached hydrogens (tertiary/aromatic N) is 6. The molecule has 37 heavy (non-hydrogen) atoms. The molecular formula is C28H32N6O3. The van der Waals surface area contributed by atoms with Gasteiger partial charge in [-0.25, -0.2) is 19.3 Å². The molecule has 5 heterocycles. The fourth-order valence-electron chi connectivity index (χ4n) is 5.56. The van der Waals surface area contributed by atoms with Crippen LogP contribution in [0.5, 0.6) is 0 Å². The minimum absolute atomic E-state index is 0.124. The first kappa shape index (κ1) is 23.6. The number of pyridine rings is 1. The Kier molecular flexibility index (Phi) is 5.19. The maximum atomic E-state index is 13.2. The Hall–Kier alpha value is -3.75. The maximum absolute atomic E-state index is 13.2. The van der Waals surface area contributed by atoms with Crippen LogP contribution in [0.25, 0.3) is 22.7 Å². The highest BCUT2D eigenvalue weighted by Gasteiger charge is 2.54. The number of amides is 1. The molecule has 0 N–H and O–H groups in total. The number of hydrogen-bond acceptors (Lipinski definition) is 6. The molecule has 1 saturated heterocycles. The first-order chi connectivity index (χ1) is 17.5. The molecular weight excluding hydrogens is 468 g/mol. The third-order valence-electron chi connectivity index (χ3n) is 7.49. The highest BCUT2D eigenvalue weighted by molar-refractivity contribution is 5.70. The lowest BCUT2D eigenvalue weighted by molar-refractivity contribution is 0.00371. The van der Waals surface area contributed by atoms with Crippen LogP contribution in [0.1, 0.15) is 69.2 Å². The van der Waals surface area contributed by atoms with Gasteiger partial charge in [0.1, 0.15) is 16.9 Å². The predicted molar refractivity (Wildman–Crippen MR) is 140 cm³/mol. The van der Waals surface area contributed by atoms with Crippen molar-refractivity contribution in [2.75, 3.05) is 6.54 Å². The molecule has 9 nitrogen and oxygen atoms in total. The van der Waals surface area contributed by atoms with Gasteiger partial charge in [0.15, 0.2) is 5.65 Å². The van der Waals surface area contributed by atoms with Gasteiger partial charge in [-0.1, -0.05) is 6.07 Å². The molecule has 2 fully saturated rings. The van der Waals surface area contributed by atoms with E-state index in [1.54, 1.807) is 15.0 Å². The van der Waals surface area contributed by atoms with E-state index < -0.39 is 5.60 Å². The highest BCUT2D eigenvalue weighted by Crippen LogP contribution is 2.52. The summed E-state index contributed by atoms with van der Waals surface area (Å²) in [5.41, 5.74) is 4.74. The Labute approximate surface area is 215 Å². The summed E-state index contributed by atoms with van der Waals surface area (Å²) in [4.78, 5) is 37.2. The largest absolute Gasteiger partial charge is 0.444 e. The first-order valence-electron chi connectivity index (χ1n) is 12.9. The van der Waals surface area contributed by atoms with Crippen LogP contribution in [-0.2, 0) is 4.74 Å². The van der Waals surface area contributed by atoms with Crippen LogP contribution in [0.3, 0.4) is 0 Å². The van der Waals surface area contributed by atoms with Gasteiger partial charge in [0.2, 0.25) is 0 Å². The molecule has 1 spiro atoms. The number of fused-ring (bicyclic) bond motifs is 2. The van der Waals surface area contributed by atoms with E-state index in [0.29, 0.717) is 23.6 Å². The summed E-state index contributed by atoms with van der Waals surface area (Å²) < 4.78 is 9.03. The second-order valence-corrected chi connectivity index (χ2v) is 11.6. The molecule has 0 radical (unpaired) electrons. The molecule has 1 aliphatic heterocycles. The number of aromatic nitrogens is 5. The monoisotopic (exact) mass is 500 g/mol. The molecule has 1 aliphatic carbocycles. The standard InChI is InChI=1S/C28H32N6O3/c1-17-12-22(31-34-15-18(2)29-25(17)34)21-13-24(35)32-16-20(6-7-23(32)30-21)19-8-11-33(28(14-19)9-10-28)26(36)37-27(3,4)5/h6-7,12-13,15-16,19H,8-11,14H2,1-5H3/t19-/m1/s1. The van der Waals surface area contributed by atoms with Gasteiger partial charge in [0.25, 0.3) is 5.56 Å². The van der Waals surface area contributed by atoms with E-state index in [1.807, 2.05) is 64.0 Å². The lowest BCUT2D eigenvalue weighted by Crippen LogP contribution is -2.49. The Morgan fingerprint density at radius 1 is 1.08 bits per heavy atom.